The van der Waals surface area contributed by atoms with Gasteiger partial charge in [-0.3, -0.25) is 4.79 Å². The van der Waals surface area contributed by atoms with Gasteiger partial charge in [-0.25, -0.2) is 21.8 Å². The van der Waals surface area contributed by atoms with Crippen molar-refractivity contribution < 1.29 is 22.3 Å². The number of ether oxygens (including phenoxy) is 1. The summed E-state index contributed by atoms with van der Waals surface area (Å²) in [6.07, 6.45) is 4.27. The first kappa shape index (κ1) is 22.2. The molecule has 0 atom stereocenters. The van der Waals surface area contributed by atoms with E-state index in [2.05, 4.69) is 16.9 Å². The molecule has 0 radical (unpaired) electrons. The fourth-order valence-electron chi connectivity index (χ4n) is 3.35. The Morgan fingerprint density at radius 2 is 1.88 bits per heavy atom. The Hall–Kier alpha value is -3.98. The van der Waals surface area contributed by atoms with Crippen molar-refractivity contribution in [2.45, 2.75) is 18.7 Å². The number of aryl methyl sites for hydroxylation is 1. The molecule has 0 aliphatic rings. The minimum atomic E-state index is -3.95. The predicted octanol–water partition coefficient (Wildman–Crippen LogP) is 5.11. The number of hydrogen-bond donors (Lipinski definition) is 1. The van der Waals surface area contributed by atoms with Crippen LogP contribution in [0.4, 0.5) is 10.1 Å². The molecular formula is C24H20FN3O4S. The lowest BCUT2D eigenvalue weighted by atomic mass is 10.2. The maximum Gasteiger partial charge on any atom is 0.269 e. The van der Waals surface area contributed by atoms with Gasteiger partial charge in [-0.05, 0) is 37.3 Å². The normalized spacial score (nSPS) is 11.4. The first-order valence-corrected chi connectivity index (χ1v) is 11.3. The zero-order valence-corrected chi connectivity index (χ0v) is 18.7. The Labute approximate surface area is 190 Å². The van der Waals surface area contributed by atoms with Gasteiger partial charge in [0, 0.05) is 36.6 Å². The zero-order valence-electron chi connectivity index (χ0n) is 17.9. The second-order valence-corrected chi connectivity index (χ2v) is 9.15. The van der Waals surface area contributed by atoms with E-state index in [9.17, 15) is 17.6 Å². The molecule has 2 aromatic carbocycles. The van der Waals surface area contributed by atoms with Crippen LogP contribution in [0, 0.1) is 12.7 Å². The summed E-state index contributed by atoms with van der Waals surface area (Å²) in [6.45, 7) is 6.95. The summed E-state index contributed by atoms with van der Waals surface area (Å²) in [5.41, 5.74) is 1.80. The van der Waals surface area contributed by atoms with E-state index in [0.29, 0.717) is 10.9 Å². The number of amides is 1. The fourth-order valence-corrected chi connectivity index (χ4v) is 4.68. The quantitative estimate of drug-likeness (QED) is 0.427. The van der Waals surface area contributed by atoms with Gasteiger partial charge in [0.15, 0.2) is 17.2 Å². The minimum absolute atomic E-state index is 0.0965. The van der Waals surface area contributed by atoms with Gasteiger partial charge < -0.3 is 10.1 Å². The number of pyridine rings is 1. The molecule has 4 rings (SSSR count). The number of aromatic nitrogens is 2. The molecule has 0 fully saturated rings. The number of nitrogens with one attached hydrogen (secondary N) is 1. The van der Waals surface area contributed by atoms with E-state index in [1.807, 2.05) is 6.92 Å². The molecule has 168 valence electrons. The Bertz CT molecular complexity index is 1490. The molecule has 33 heavy (non-hydrogen) atoms. The maximum atomic E-state index is 14.6. The Morgan fingerprint density at radius 3 is 2.52 bits per heavy atom. The SMILES string of the molecule is C=Cc1cn(S(=O)(=O)c2ccc(C)cc2)c2nccc(Oc3ccc(NC(C)=O)cc3F)c12. The summed E-state index contributed by atoms with van der Waals surface area (Å²) in [5, 5.41) is 2.86. The topological polar surface area (TPSA) is 90.3 Å². The van der Waals surface area contributed by atoms with Gasteiger partial charge in [-0.15, -0.1) is 0 Å². The molecule has 2 aromatic heterocycles. The van der Waals surface area contributed by atoms with Crippen LogP contribution in [-0.2, 0) is 14.8 Å². The summed E-state index contributed by atoms with van der Waals surface area (Å²) in [4.78, 5) is 15.5. The zero-order chi connectivity index (χ0) is 23.8. The van der Waals surface area contributed by atoms with Gasteiger partial charge in [0.2, 0.25) is 5.91 Å². The standard InChI is InChI=1S/C24H20FN3O4S/c1-4-17-14-28(33(30,31)19-8-5-15(2)6-9-19)24-23(17)22(11-12-26-24)32-21-10-7-18(13-20(21)25)27-16(3)29/h4-14H,1H2,2-3H3,(H,27,29). The lowest BCUT2D eigenvalue weighted by Gasteiger charge is -2.11. The monoisotopic (exact) mass is 465 g/mol. The first-order valence-electron chi connectivity index (χ1n) is 9.90. The second kappa shape index (κ2) is 8.51. The van der Waals surface area contributed by atoms with Crippen molar-refractivity contribution in [2.24, 2.45) is 0 Å². The van der Waals surface area contributed by atoms with Crippen LogP contribution in [0.2, 0.25) is 0 Å². The van der Waals surface area contributed by atoms with Gasteiger partial charge in [0.05, 0.1) is 10.3 Å². The Balaban J connectivity index is 1.81. The molecule has 0 saturated heterocycles. The van der Waals surface area contributed by atoms with Crippen LogP contribution in [0.5, 0.6) is 11.5 Å². The van der Waals surface area contributed by atoms with E-state index in [1.165, 1.54) is 55.7 Å². The third kappa shape index (κ3) is 4.22. The highest BCUT2D eigenvalue weighted by Gasteiger charge is 2.24. The van der Waals surface area contributed by atoms with Crippen molar-refractivity contribution in [3.8, 4) is 11.5 Å². The van der Waals surface area contributed by atoms with E-state index >= 15 is 0 Å². The molecule has 7 nitrogen and oxygen atoms in total. The third-order valence-electron chi connectivity index (χ3n) is 4.92. The molecule has 0 unspecified atom stereocenters. The van der Waals surface area contributed by atoms with Crippen LogP contribution in [0.1, 0.15) is 18.1 Å². The average Bonchev–Trinajstić information content (AvgIpc) is 3.16. The number of hydrogen-bond acceptors (Lipinski definition) is 5. The summed E-state index contributed by atoms with van der Waals surface area (Å²) in [7, 11) is -3.95. The Morgan fingerprint density at radius 1 is 1.15 bits per heavy atom. The maximum absolute atomic E-state index is 14.6. The molecule has 0 aliphatic carbocycles. The summed E-state index contributed by atoms with van der Waals surface area (Å²) >= 11 is 0. The number of fused-ring (bicyclic) bond motifs is 1. The molecule has 0 saturated carbocycles. The van der Waals surface area contributed by atoms with Crippen LogP contribution < -0.4 is 10.1 Å². The van der Waals surface area contributed by atoms with E-state index in [4.69, 9.17) is 4.74 Å². The highest BCUT2D eigenvalue weighted by molar-refractivity contribution is 7.90. The number of halogens is 1. The highest BCUT2D eigenvalue weighted by Crippen LogP contribution is 2.36. The van der Waals surface area contributed by atoms with E-state index < -0.39 is 15.8 Å². The van der Waals surface area contributed by atoms with E-state index in [1.54, 1.807) is 12.1 Å². The number of benzene rings is 2. The predicted molar refractivity (Wildman–Crippen MR) is 124 cm³/mol. The van der Waals surface area contributed by atoms with Crippen LogP contribution in [0.3, 0.4) is 0 Å². The molecule has 4 aromatic rings. The van der Waals surface area contributed by atoms with Crippen LogP contribution in [0.15, 0.2) is 72.4 Å². The second-order valence-electron chi connectivity index (χ2n) is 7.34. The van der Waals surface area contributed by atoms with Gasteiger partial charge in [-0.2, -0.15) is 0 Å². The van der Waals surface area contributed by atoms with Crippen molar-refractivity contribution >= 4 is 38.7 Å². The molecule has 2 heterocycles. The third-order valence-corrected chi connectivity index (χ3v) is 6.58. The number of anilines is 1. The van der Waals surface area contributed by atoms with Crippen LogP contribution >= 0.6 is 0 Å². The molecule has 0 bridgehead atoms. The summed E-state index contributed by atoms with van der Waals surface area (Å²) < 4.78 is 48.0. The van der Waals surface area contributed by atoms with Gasteiger partial charge in [0.25, 0.3) is 10.0 Å². The molecule has 0 aliphatic heterocycles. The smallest absolute Gasteiger partial charge is 0.269 e. The van der Waals surface area contributed by atoms with Gasteiger partial charge >= 0.3 is 0 Å². The first-order chi connectivity index (χ1) is 15.7. The average molecular weight is 466 g/mol. The highest BCUT2D eigenvalue weighted by atomic mass is 32.2. The largest absolute Gasteiger partial charge is 0.453 e. The fraction of sp³-hybridized carbons (Fsp3) is 0.0833. The molecule has 9 heteroatoms. The van der Waals surface area contributed by atoms with E-state index in [0.717, 1.165) is 15.6 Å². The van der Waals surface area contributed by atoms with Crippen LogP contribution in [0.25, 0.3) is 17.1 Å². The molecule has 0 spiro atoms. The van der Waals surface area contributed by atoms with Crippen molar-refractivity contribution in [3.05, 3.63) is 84.4 Å². The van der Waals surface area contributed by atoms with Crippen molar-refractivity contribution in [1.29, 1.82) is 0 Å². The van der Waals surface area contributed by atoms with Crippen molar-refractivity contribution in [1.82, 2.24) is 8.96 Å². The molecule has 1 N–H and O–H groups in total. The lowest BCUT2D eigenvalue weighted by Crippen LogP contribution is -2.12. The van der Waals surface area contributed by atoms with Gasteiger partial charge in [0.1, 0.15) is 5.75 Å². The van der Waals surface area contributed by atoms with Crippen molar-refractivity contribution in [3.63, 3.8) is 0 Å². The molecular weight excluding hydrogens is 445 g/mol. The van der Waals surface area contributed by atoms with E-state index in [-0.39, 0.29) is 33.6 Å². The molecule has 1 amide bonds. The van der Waals surface area contributed by atoms with Crippen LogP contribution in [-0.4, -0.2) is 23.3 Å². The number of carbonyl (C=O) groups excluding carboxylic acids is 1. The number of rotatable bonds is 6. The number of nitrogens with zero attached hydrogens (tertiary/aromatic N) is 2. The minimum Gasteiger partial charge on any atom is -0.453 e. The number of carbonyl (C=O) groups is 1. The van der Waals surface area contributed by atoms with Crippen molar-refractivity contribution in [2.75, 3.05) is 5.32 Å². The summed E-state index contributed by atoms with van der Waals surface area (Å²) in [6, 6.07) is 12.0. The lowest BCUT2D eigenvalue weighted by molar-refractivity contribution is -0.114. The summed E-state index contributed by atoms with van der Waals surface area (Å²) in [5.74, 6) is -0.913. The van der Waals surface area contributed by atoms with Gasteiger partial charge in [-0.1, -0.05) is 30.4 Å². The Kier molecular flexibility index (Phi) is 5.73.